The zero-order valence-electron chi connectivity index (χ0n) is 16.0. The van der Waals surface area contributed by atoms with Crippen LogP contribution >= 0.6 is 23.2 Å². The average molecular weight is 455 g/mol. The molecule has 1 amide bonds. The van der Waals surface area contributed by atoms with Crippen molar-refractivity contribution in [2.24, 2.45) is 0 Å². The molecule has 2 aromatic carbocycles. The zero-order chi connectivity index (χ0) is 21.7. The van der Waals surface area contributed by atoms with Crippen LogP contribution in [0.4, 0.5) is 18.9 Å². The highest BCUT2D eigenvalue weighted by Gasteiger charge is 2.30. The second kappa shape index (κ2) is 9.74. The third kappa shape index (κ3) is 6.15. The molecular weight excluding hydrogens is 436 g/mol. The molecule has 0 atom stereocenters. The van der Waals surface area contributed by atoms with Gasteiger partial charge in [-0.05, 0) is 61.8 Å². The van der Waals surface area contributed by atoms with Crippen molar-refractivity contribution in [1.29, 1.82) is 0 Å². The van der Waals surface area contributed by atoms with Crippen molar-refractivity contribution in [2.45, 2.75) is 32.0 Å². The van der Waals surface area contributed by atoms with Crippen LogP contribution in [0.1, 0.15) is 36.0 Å². The topological polar surface area (TPSA) is 32.3 Å². The van der Waals surface area contributed by atoms with Crippen LogP contribution in [-0.2, 0) is 17.5 Å². The molecule has 1 saturated heterocycles. The second-order valence-corrected chi connectivity index (χ2v) is 7.85. The summed E-state index contributed by atoms with van der Waals surface area (Å²) in [5.41, 5.74) is 0.732. The summed E-state index contributed by atoms with van der Waals surface area (Å²) in [6, 6.07) is 8.06. The Hall–Kier alpha value is -2.20. The van der Waals surface area contributed by atoms with E-state index in [1.165, 1.54) is 19.3 Å². The van der Waals surface area contributed by atoms with E-state index in [1.807, 2.05) is 6.07 Å². The van der Waals surface area contributed by atoms with Gasteiger partial charge < -0.3 is 5.32 Å². The summed E-state index contributed by atoms with van der Waals surface area (Å²) in [6.07, 6.45) is -0.860. The maximum absolute atomic E-state index is 12.7. The lowest BCUT2D eigenvalue weighted by Crippen LogP contribution is -2.29. The number of nitrogens with one attached hydrogen (secondary N) is 1. The van der Waals surface area contributed by atoms with E-state index in [2.05, 4.69) is 22.1 Å². The monoisotopic (exact) mass is 454 g/mol. The summed E-state index contributed by atoms with van der Waals surface area (Å²) in [5.74, 6) is 4.20. The maximum atomic E-state index is 12.7. The van der Waals surface area contributed by atoms with E-state index in [9.17, 15) is 18.0 Å². The van der Waals surface area contributed by atoms with Crippen molar-refractivity contribution in [2.75, 3.05) is 18.4 Å². The van der Waals surface area contributed by atoms with Gasteiger partial charge in [0.2, 0.25) is 0 Å². The number of halogens is 5. The molecule has 0 spiro atoms. The van der Waals surface area contributed by atoms with Crippen LogP contribution in [0.25, 0.3) is 0 Å². The molecular formula is C22H19Cl2F3N2O. The summed E-state index contributed by atoms with van der Waals surface area (Å²) in [5, 5.41) is 2.99. The molecule has 1 fully saturated rings. The van der Waals surface area contributed by atoms with Gasteiger partial charge in [-0.25, -0.2) is 0 Å². The van der Waals surface area contributed by atoms with Gasteiger partial charge in [0.25, 0.3) is 0 Å². The molecule has 0 aromatic heterocycles. The van der Waals surface area contributed by atoms with Gasteiger partial charge >= 0.3 is 12.1 Å². The molecule has 158 valence electrons. The first kappa shape index (κ1) is 22.5. The van der Waals surface area contributed by atoms with E-state index in [0.717, 1.165) is 43.4 Å². The molecule has 3 nitrogen and oxygen atoms in total. The van der Waals surface area contributed by atoms with E-state index in [4.69, 9.17) is 23.2 Å². The molecule has 8 heteroatoms. The van der Waals surface area contributed by atoms with Gasteiger partial charge in [-0.1, -0.05) is 41.6 Å². The summed E-state index contributed by atoms with van der Waals surface area (Å²) in [4.78, 5) is 14.4. The number of hydrogen-bond donors (Lipinski definition) is 1. The van der Waals surface area contributed by atoms with Crippen molar-refractivity contribution in [3.63, 3.8) is 0 Å². The number of anilines is 1. The van der Waals surface area contributed by atoms with Crippen LogP contribution in [-0.4, -0.2) is 23.9 Å². The lowest BCUT2D eigenvalue weighted by molar-refractivity contribution is -0.137. The number of nitrogens with zero attached hydrogens (tertiary/aromatic N) is 1. The first-order chi connectivity index (χ1) is 14.2. The Labute approximate surface area is 183 Å². The van der Waals surface area contributed by atoms with Crippen molar-refractivity contribution < 1.29 is 18.0 Å². The summed E-state index contributed by atoms with van der Waals surface area (Å²) < 4.78 is 38.0. The quantitative estimate of drug-likeness (QED) is 0.577. The molecule has 3 rings (SSSR count). The third-order valence-electron chi connectivity index (χ3n) is 4.76. The standard InChI is InChI=1S/C22H19Cl2F3N2O/c23-19-12-17(22(25,26)27)7-4-15(19)6-9-21(30)28-18-8-5-16(20(24)13-18)14-29-10-2-1-3-11-29/h4-5,7-8,12-13H,1-3,10-11,14H2,(H,28,30). The predicted octanol–water partition coefficient (Wildman–Crippen LogP) is 5.99. The summed E-state index contributed by atoms with van der Waals surface area (Å²) in [6.45, 7) is 2.87. The minimum absolute atomic E-state index is 0.134. The molecule has 1 heterocycles. The van der Waals surface area contributed by atoms with Gasteiger partial charge in [0.15, 0.2) is 0 Å². The Morgan fingerprint density at radius 2 is 1.77 bits per heavy atom. The molecule has 0 saturated carbocycles. The van der Waals surface area contributed by atoms with Crippen LogP contribution in [0.5, 0.6) is 0 Å². The van der Waals surface area contributed by atoms with Crippen LogP contribution in [0.3, 0.4) is 0 Å². The van der Waals surface area contributed by atoms with Gasteiger partial charge in [-0.15, -0.1) is 0 Å². The van der Waals surface area contributed by atoms with Crippen LogP contribution in [0.15, 0.2) is 36.4 Å². The Morgan fingerprint density at radius 3 is 2.40 bits per heavy atom. The second-order valence-electron chi connectivity index (χ2n) is 7.04. The molecule has 0 radical (unpaired) electrons. The maximum Gasteiger partial charge on any atom is 0.416 e. The minimum Gasteiger partial charge on any atom is -0.315 e. The fraction of sp³-hybridized carbons (Fsp3) is 0.318. The van der Waals surface area contributed by atoms with Gasteiger partial charge in [0, 0.05) is 28.7 Å². The number of hydrogen-bond acceptors (Lipinski definition) is 2. The Kier molecular flexibility index (Phi) is 7.30. The lowest BCUT2D eigenvalue weighted by atomic mass is 10.1. The van der Waals surface area contributed by atoms with Crippen molar-refractivity contribution in [3.8, 4) is 11.8 Å². The highest BCUT2D eigenvalue weighted by Crippen LogP contribution is 2.31. The first-order valence-corrected chi connectivity index (χ1v) is 10.2. The van der Waals surface area contributed by atoms with Crippen LogP contribution < -0.4 is 5.32 Å². The van der Waals surface area contributed by atoms with Crippen molar-refractivity contribution in [3.05, 3.63) is 63.1 Å². The predicted molar refractivity (Wildman–Crippen MR) is 113 cm³/mol. The molecule has 0 unspecified atom stereocenters. The largest absolute Gasteiger partial charge is 0.416 e. The molecule has 0 aliphatic carbocycles. The SMILES string of the molecule is O=C(C#Cc1ccc(C(F)(F)F)cc1Cl)Nc1ccc(CN2CCCCC2)c(Cl)c1. The van der Waals surface area contributed by atoms with E-state index in [-0.39, 0.29) is 10.6 Å². The van der Waals surface area contributed by atoms with Gasteiger partial charge in [0.1, 0.15) is 0 Å². The lowest BCUT2D eigenvalue weighted by Gasteiger charge is -2.26. The van der Waals surface area contributed by atoms with Crippen LogP contribution in [0, 0.1) is 11.8 Å². The van der Waals surface area contributed by atoms with Gasteiger partial charge in [0.05, 0.1) is 10.6 Å². The Balaban J connectivity index is 1.63. The Bertz CT molecular complexity index is 990. The van der Waals surface area contributed by atoms with E-state index < -0.39 is 17.6 Å². The molecule has 2 aromatic rings. The highest BCUT2D eigenvalue weighted by atomic mass is 35.5. The van der Waals surface area contributed by atoms with Crippen LogP contribution in [0.2, 0.25) is 10.0 Å². The molecule has 1 N–H and O–H groups in total. The molecule has 0 bridgehead atoms. The first-order valence-electron chi connectivity index (χ1n) is 9.43. The molecule has 1 aliphatic rings. The normalized spacial score (nSPS) is 14.7. The van der Waals surface area contributed by atoms with E-state index >= 15 is 0 Å². The fourth-order valence-electron chi connectivity index (χ4n) is 3.19. The molecule has 1 aliphatic heterocycles. The number of likely N-dealkylation sites (tertiary alicyclic amines) is 1. The van der Waals surface area contributed by atoms with E-state index in [1.54, 1.807) is 12.1 Å². The van der Waals surface area contributed by atoms with Gasteiger partial charge in [-0.2, -0.15) is 13.2 Å². The highest BCUT2D eigenvalue weighted by molar-refractivity contribution is 6.32. The van der Waals surface area contributed by atoms with E-state index in [0.29, 0.717) is 10.7 Å². The van der Waals surface area contributed by atoms with Gasteiger partial charge in [-0.3, -0.25) is 9.69 Å². The fourth-order valence-corrected chi connectivity index (χ4v) is 3.66. The summed E-state index contributed by atoms with van der Waals surface area (Å²) in [7, 11) is 0. The van der Waals surface area contributed by atoms with Crippen molar-refractivity contribution in [1.82, 2.24) is 4.90 Å². The number of benzene rings is 2. The van der Waals surface area contributed by atoms with Crippen molar-refractivity contribution >= 4 is 34.8 Å². The number of piperidine rings is 1. The zero-order valence-corrected chi connectivity index (χ0v) is 17.5. The number of rotatable bonds is 3. The minimum atomic E-state index is -4.49. The molecule has 30 heavy (non-hydrogen) atoms. The third-order valence-corrected chi connectivity index (χ3v) is 5.43. The Morgan fingerprint density at radius 1 is 1.03 bits per heavy atom. The number of carbonyl (C=O) groups is 1. The summed E-state index contributed by atoms with van der Waals surface area (Å²) >= 11 is 12.2. The average Bonchev–Trinajstić information content (AvgIpc) is 2.69. The number of alkyl halides is 3. The number of amides is 1. The smallest absolute Gasteiger partial charge is 0.315 e. The number of carbonyl (C=O) groups excluding carboxylic acids is 1.